The Kier molecular flexibility index (Phi) is 3.59. The number of nitrogens with zero attached hydrogens (tertiary/aromatic N) is 2. The van der Waals surface area contributed by atoms with Gasteiger partial charge in [0.05, 0.1) is 5.69 Å². The number of aliphatic imine (C=N–C) groups is 1. The average Bonchev–Trinajstić information content (AvgIpc) is 3.01. The van der Waals surface area contributed by atoms with Crippen molar-refractivity contribution in [2.75, 3.05) is 18.0 Å². The van der Waals surface area contributed by atoms with E-state index in [1.165, 1.54) is 24.1 Å². The van der Waals surface area contributed by atoms with Gasteiger partial charge in [0.1, 0.15) is 0 Å². The largest absolute Gasteiger partial charge is 0.371 e. The third kappa shape index (κ3) is 2.84. The van der Waals surface area contributed by atoms with Crippen molar-refractivity contribution in [3.8, 4) is 0 Å². The molecule has 19 heavy (non-hydrogen) atoms. The molecule has 0 radical (unpaired) electrons. The van der Waals surface area contributed by atoms with E-state index in [1.54, 1.807) is 0 Å². The highest BCUT2D eigenvalue weighted by molar-refractivity contribution is 5.89. The Morgan fingerprint density at radius 3 is 2.32 bits per heavy atom. The van der Waals surface area contributed by atoms with E-state index in [4.69, 9.17) is 0 Å². The zero-order valence-electron chi connectivity index (χ0n) is 11.0. The zero-order valence-corrected chi connectivity index (χ0v) is 11.0. The molecule has 2 aromatic carbocycles. The van der Waals surface area contributed by atoms with E-state index in [9.17, 15) is 0 Å². The number of para-hydroxylation sites is 2. The fourth-order valence-electron chi connectivity index (χ4n) is 2.50. The molecule has 1 saturated heterocycles. The van der Waals surface area contributed by atoms with Gasteiger partial charge in [-0.1, -0.05) is 36.4 Å². The van der Waals surface area contributed by atoms with E-state index >= 15 is 0 Å². The van der Waals surface area contributed by atoms with E-state index < -0.39 is 0 Å². The van der Waals surface area contributed by atoms with E-state index in [1.807, 2.05) is 36.5 Å². The molecule has 0 unspecified atom stereocenters. The van der Waals surface area contributed by atoms with Gasteiger partial charge in [-0.25, -0.2) is 0 Å². The summed E-state index contributed by atoms with van der Waals surface area (Å²) in [5.41, 5.74) is 3.51. The summed E-state index contributed by atoms with van der Waals surface area (Å²) in [6.07, 6.45) is 4.57. The van der Waals surface area contributed by atoms with Crippen LogP contribution in [0.2, 0.25) is 0 Å². The lowest BCUT2D eigenvalue weighted by Crippen LogP contribution is -2.19. The van der Waals surface area contributed by atoms with Crippen LogP contribution in [0.15, 0.2) is 59.6 Å². The highest BCUT2D eigenvalue weighted by Gasteiger charge is 2.14. The second-order valence-electron chi connectivity index (χ2n) is 4.85. The van der Waals surface area contributed by atoms with Crippen molar-refractivity contribution < 1.29 is 0 Å². The van der Waals surface area contributed by atoms with Crippen LogP contribution < -0.4 is 4.90 Å². The third-order valence-corrected chi connectivity index (χ3v) is 3.49. The molecule has 0 bridgehead atoms. The van der Waals surface area contributed by atoms with Gasteiger partial charge in [0.15, 0.2) is 0 Å². The van der Waals surface area contributed by atoms with Gasteiger partial charge in [-0.2, -0.15) is 0 Å². The fourth-order valence-corrected chi connectivity index (χ4v) is 2.50. The summed E-state index contributed by atoms with van der Waals surface area (Å²) in [6, 6.07) is 18.6. The lowest BCUT2D eigenvalue weighted by molar-refractivity contribution is 0.949. The molecule has 1 fully saturated rings. The maximum absolute atomic E-state index is 4.56. The molecule has 0 spiro atoms. The van der Waals surface area contributed by atoms with Crippen molar-refractivity contribution in [1.29, 1.82) is 0 Å². The Morgan fingerprint density at radius 1 is 0.842 bits per heavy atom. The van der Waals surface area contributed by atoms with Gasteiger partial charge in [0.2, 0.25) is 0 Å². The fraction of sp³-hybridized carbons (Fsp3) is 0.235. The molecule has 96 valence electrons. The van der Waals surface area contributed by atoms with Crippen LogP contribution in [0.25, 0.3) is 0 Å². The van der Waals surface area contributed by atoms with Crippen LogP contribution in [0.5, 0.6) is 0 Å². The minimum atomic E-state index is 0.999. The lowest BCUT2D eigenvalue weighted by Gasteiger charge is -2.19. The first-order valence-corrected chi connectivity index (χ1v) is 6.86. The summed E-state index contributed by atoms with van der Waals surface area (Å²) >= 11 is 0. The van der Waals surface area contributed by atoms with Crippen LogP contribution in [0.1, 0.15) is 18.4 Å². The Balaban J connectivity index is 1.86. The quantitative estimate of drug-likeness (QED) is 0.751. The molecule has 0 saturated carbocycles. The summed E-state index contributed by atoms with van der Waals surface area (Å²) < 4.78 is 0. The first kappa shape index (κ1) is 12.0. The van der Waals surface area contributed by atoms with Gasteiger partial charge in [-0.15, -0.1) is 0 Å². The van der Waals surface area contributed by atoms with E-state index in [2.05, 4.69) is 34.2 Å². The minimum absolute atomic E-state index is 0.999. The zero-order chi connectivity index (χ0) is 12.9. The summed E-state index contributed by atoms with van der Waals surface area (Å²) in [5.74, 6) is 0. The maximum Gasteiger partial charge on any atom is 0.0629 e. The SMILES string of the molecule is C(=Nc1ccccc1)c1ccccc1N1CCCC1. The van der Waals surface area contributed by atoms with Gasteiger partial charge in [0, 0.05) is 30.6 Å². The van der Waals surface area contributed by atoms with Crippen molar-refractivity contribution >= 4 is 17.6 Å². The van der Waals surface area contributed by atoms with Crippen LogP contribution in [-0.4, -0.2) is 19.3 Å². The number of anilines is 1. The van der Waals surface area contributed by atoms with Crippen LogP contribution in [0.4, 0.5) is 11.4 Å². The van der Waals surface area contributed by atoms with Gasteiger partial charge < -0.3 is 4.90 Å². The number of hydrogen-bond donors (Lipinski definition) is 0. The number of hydrogen-bond acceptors (Lipinski definition) is 2. The predicted molar refractivity (Wildman–Crippen MR) is 81.6 cm³/mol. The van der Waals surface area contributed by atoms with Crippen molar-refractivity contribution in [2.45, 2.75) is 12.8 Å². The molecule has 0 atom stereocenters. The molecule has 0 amide bonds. The highest BCUT2D eigenvalue weighted by atomic mass is 15.1. The van der Waals surface area contributed by atoms with Crippen molar-refractivity contribution in [2.24, 2.45) is 4.99 Å². The molecule has 1 aliphatic rings. The monoisotopic (exact) mass is 250 g/mol. The van der Waals surface area contributed by atoms with Crippen molar-refractivity contribution in [3.63, 3.8) is 0 Å². The summed E-state index contributed by atoms with van der Waals surface area (Å²) in [6.45, 7) is 2.33. The van der Waals surface area contributed by atoms with Crippen molar-refractivity contribution in [3.05, 3.63) is 60.2 Å². The molecule has 0 aromatic heterocycles. The summed E-state index contributed by atoms with van der Waals surface area (Å²) in [7, 11) is 0. The smallest absolute Gasteiger partial charge is 0.0629 e. The Morgan fingerprint density at radius 2 is 1.53 bits per heavy atom. The first-order valence-electron chi connectivity index (χ1n) is 6.86. The first-order chi connectivity index (χ1) is 9.43. The molecule has 2 heteroatoms. The molecular formula is C17H18N2. The molecule has 2 aromatic rings. The highest BCUT2D eigenvalue weighted by Crippen LogP contribution is 2.23. The molecule has 1 aliphatic heterocycles. The summed E-state index contributed by atoms with van der Waals surface area (Å²) in [4.78, 5) is 7.01. The minimum Gasteiger partial charge on any atom is -0.371 e. The average molecular weight is 250 g/mol. The predicted octanol–water partition coefficient (Wildman–Crippen LogP) is 4.04. The molecule has 0 aliphatic carbocycles. The molecule has 2 nitrogen and oxygen atoms in total. The number of benzene rings is 2. The van der Waals surface area contributed by atoms with Gasteiger partial charge in [-0.3, -0.25) is 4.99 Å². The van der Waals surface area contributed by atoms with E-state index in [0.29, 0.717) is 0 Å². The maximum atomic E-state index is 4.56. The second-order valence-corrected chi connectivity index (χ2v) is 4.85. The Hall–Kier alpha value is -2.09. The summed E-state index contributed by atoms with van der Waals surface area (Å²) in [5, 5.41) is 0. The number of rotatable bonds is 3. The lowest BCUT2D eigenvalue weighted by atomic mass is 10.1. The molecule has 3 rings (SSSR count). The van der Waals surface area contributed by atoms with E-state index in [0.717, 1.165) is 18.8 Å². The molecular weight excluding hydrogens is 232 g/mol. The van der Waals surface area contributed by atoms with Gasteiger partial charge in [0.25, 0.3) is 0 Å². The molecule has 1 heterocycles. The normalized spacial score (nSPS) is 15.3. The van der Waals surface area contributed by atoms with Crippen LogP contribution >= 0.6 is 0 Å². The standard InChI is InChI=1S/C17H18N2/c1-2-9-16(10-3-1)18-14-15-8-4-5-11-17(15)19-12-6-7-13-19/h1-5,8-11,14H,6-7,12-13H2. The van der Waals surface area contributed by atoms with Crippen molar-refractivity contribution in [1.82, 2.24) is 0 Å². The molecule has 0 N–H and O–H groups in total. The van der Waals surface area contributed by atoms with Gasteiger partial charge in [-0.05, 0) is 31.0 Å². The second kappa shape index (κ2) is 5.70. The van der Waals surface area contributed by atoms with Crippen LogP contribution in [-0.2, 0) is 0 Å². The third-order valence-electron chi connectivity index (χ3n) is 3.49. The Bertz CT molecular complexity index is 554. The van der Waals surface area contributed by atoms with Crippen LogP contribution in [0, 0.1) is 0 Å². The van der Waals surface area contributed by atoms with Gasteiger partial charge >= 0.3 is 0 Å². The Labute approximate surface area is 114 Å². The van der Waals surface area contributed by atoms with E-state index in [-0.39, 0.29) is 0 Å². The van der Waals surface area contributed by atoms with Crippen LogP contribution in [0.3, 0.4) is 0 Å². The topological polar surface area (TPSA) is 15.6 Å².